The van der Waals surface area contributed by atoms with E-state index in [1.54, 1.807) is 35.2 Å². The van der Waals surface area contributed by atoms with Crippen LogP contribution in [0.1, 0.15) is 53.3 Å². The van der Waals surface area contributed by atoms with E-state index in [2.05, 4.69) is 20.5 Å². The Morgan fingerprint density at radius 3 is 2.52 bits per heavy atom. The lowest BCUT2D eigenvalue weighted by Gasteiger charge is -2.32. The van der Waals surface area contributed by atoms with Gasteiger partial charge in [-0.25, -0.2) is 4.79 Å². The molecular formula is C28H29F3N4O5. The van der Waals surface area contributed by atoms with E-state index in [0.717, 1.165) is 12.8 Å². The van der Waals surface area contributed by atoms with Gasteiger partial charge in [0.1, 0.15) is 17.2 Å². The molecule has 1 saturated carbocycles. The number of hydrogen-bond donors (Lipinski definition) is 2. The number of nitrogens with one attached hydrogen (secondary N) is 2. The van der Waals surface area contributed by atoms with Crippen LogP contribution in [0.3, 0.4) is 0 Å². The molecule has 0 bridgehead atoms. The molecular weight excluding hydrogens is 529 g/mol. The van der Waals surface area contributed by atoms with Crippen LogP contribution < -0.4 is 15.4 Å². The van der Waals surface area contributed by atoms with Crippen molar-refractivity contribution >= 4 is 17.6 Å². The second-order valence-electron chi connectivity index (χ2n) is 9.78. The molecule has 212 valence electrons. The van der Waals surface area contributed by atoms with Gasteiger partial charge in [-0.05, 0) is 56.0 Å². The molecule has 1 aliphatic carbocycles. The van der Waals surface area contributed by atoms with Crippen molar-refractivity contribution in [2.75, 3.05) is 25.5 Å². The second kappa shape index (κ2) is 11.6. The molecule has 2 N–H and O–H groups in total. The SMILES string of the molecule is CNC(=O)c1cccc(NC(=O)N2CCC(OCc3c(-c4ccccc4OC(F)(F)F)noc3C3CC3)CC2)c1. The van der Waals surface area contributed by atoms with Crippen molar-refractivity contribution in [1.29, 1.82) is 0 Å². The predicted molar refractivity (Wildman–Crippen MR) is 139 cm³/mol. The Morgan fingerprint density at radius 2 is 1.82 bits per heavy atom. The van der Waals surface area contributed by atoms with E-state index in [0.29, 0.717) is 48.5 Å². The maximum Gasteiger partial charge on any atom is 0.573 e. The number of carbonyl (C=O) groups is 2. The number of ether oxygens (including phenoxy) is 2. The van der Waals surface area contributed by atoms with E-state index in [1.165, 1.54) is 25.2 Å². The fraction of sp³-hybridized carbons (Fsp3) is 0.393. The third kappa shape index (κ3) is 6.56. The number of hydrogen-bond acceptors (Lipinski definition) is 6. The van der Waals surface area contributed by atoms with Crippen LogP contribution in [0.15, 0.2) is 53.1 Å². The highest BCUT2D eigenvalue weighted by Gasteiger charge is 2.36. The van der Waals surface area contributed by atoms with Crippen LogP contribution >= 0.6 is 0 Å². The largest absolute Gasteiger partial charge is 0.573 e. The number of benzene rings is 2. The molecule has 3 amide bonds. The minimum Gasteiger partial charge on any atom is -0.405 e. The number of alkyl halides is 3. The summed E-state index contributed by atoms with van der Waals surface area (Å²) in [7, 11) is 1.54. The average molecular weight is 559 g/mol. The van der Waals surface area contributed by atoms with Crippen LogP contribution in [0.4, 0.5) is 23.7 Å². The molecule has 12 heteroatoms. The zero-order valence-corrected chi connectivity index (χ0v) is 21.8. The molecule has 40 heavy (non-hydrogen) atoms. The quantitative estimate of drug-likeness (QED) is 0.368. The predicted octanol–water partition coefficient (Wildman–Crippen LogP) is 5.69. The fourth-order valence-electron chi connectivity index (χ4n) is 4.73. The van der Waals surface area contributed by atoms with Gasteiger partial charge in [0.15, 0.2) is 0 Å². The number of nitrogens with zero attached hydrogens (tertiary/aromatic N) is 2. The lowest BCUT2D eigenvalue weighted by molar-refractivity contribution is -0.274. The van der Waals surface area contributed by atoms with Crippen LogP contribution in [0.2, 0.25) is 0 Å². The summed E-state index contributed by atoms with van der Waals surface area (Å²) in [6.07, 6.45) is -2.00. The summed E-state index contributed by atoms with van der Waals surface area (Å²) in [5, 5.41) is 9.49. The first-order chi connectivity index (χ1) is 19.2. The van der Waals surface area contributed by atoms with Crippen LogP contribution in [0, 0.1) is 0 Å². The van der Waals surface area contributed by atoms with E-state index in [1.807, 2.05) is 0 Å². The van der Waals surface area contributed by atoms with E-state index >= 15 is 0 Å². The van der Waals surface area contributed by atoms with Gasteiger partial charge in [0, 0.05) is 48.4 Å². The summed E-state index contributed by atoms with van der Waals surface area (Å²) >= 11 is 0. The van der Waals surface area contributed by atoms with Crippen molar-refractivity contribution in [1.82, 2.24) is 15.4 Å². The topological polar surface area (TPSA) is 106 Å². The fourth-order valence-corrected chi connectivity index (χ4v) is 4.73. The Labute approximate surface area is 228 Å². The van der Waals surface area contributed by atoms with Gasteiger partial charge in [0.05, 0.1) is 12.7 Å². The molecule has 2 aliphatic rings. The number of likely N-dealkylation sites (tertiary alicyclic amines) is 1. The van der Waals surface area contributed by atoms with Crippen LogP contribution in [-0.2, 0) is 11.3 Å². The standard InChI is InChI=1S/C28H29F3N4O5/c1-32-26(36)18-5-4-6-19(15-18)33-27(37)35-13-11-20(12-14-35)38-16-22-24(34-40-25(22)17-9-10-17)21-7-2-3-8-23(21)39-28(29,30)31/h2-8,15,17,20H,9-14,16H2,1H3,(H,32,36)(H,33,37). The molecule has 2 aromatic carbocycles. The van der Waals surface area contributed by atoms with Crippen molar-refractivity contribution in [3.05, 3.63) is 65.4 Å². The molecule has 1 aliphatic heterocycles. The molecule has 1 aromatic heterocycles. The molecule has 5 rings (SSSR count). The molecule has 9 nitrogen and oxygen atoms in total. The third-order valence-electron chi connectivity index (χ3n) is 6.93. The van der Waals surface area contributed by atoms with Crippen LogP contribution in [-0.4, -0.2) is 54.6 Å². The Morgan fingerprint density at radius 1 is 1.07 bits per heavy atom. The number of piperidine rings is 1. The molecule has 0 unspecified atom stereocenters. The molecule has 3 aromatic rings. The van der Waals surface area contributed by atoms with Crippen molar-refractivity contribution in [3.63, 3.8) is 0 Å². The van der Waals surface area contributed by atoms with E-state index in [-0.39, 0.29) is 47.6 Å². The molecule has 0 radical (unpaired) electrons. The summed E-state index contributed by atoms with van der Waals surface area (Å²) in [6, 6.07) is 12.2. The second-order valence-corrected chi connectivity index (χ2v) is 9.78. The van der Waals surface area contributed by atoms with Crippen molar-refractivity contribution in [2.45, 2.75) is 50.7 Å². The molecule has 0 spiro atoms. The number of amides is 3. The number of carbonyl (C=O) groups excluding carboxylic acids is 2. The van der Waals surface area contributed by atoms with E-state index in [4.69, 9.17) is 9.26 Å². The lowest BCUT2D eigenvalue weighted by Crippen LogP contribution is -2.43. The molecule has 2 heterocycles. The van der Waals surface area contributed by atoms with Gasteiger partial charge < -0.3 is 29.5 Å². The van der Waals surface area contributed by atoms with E-state index < -0.39 is 6.36 Å². The Kier molecular flexibility index (Phi) is 7.97. The van der Waals surface area contributed by atoms with Gasteiger partial charge in [-0.2, -0.15) is 0 Å². The Bertz CT molecular complexity index is 1360. The first-order valence-corrected chi connectivity index (χ1v) is 13.0. The number of urea groups is 1. The van der Waals surface area contributed by atoms with Crippen molar-refractivity contribution in [3.8, 4) is 17.0 Å². The van der Waals surface area contributed by atoms with Gasteiger partial charge in [0.25, 0.3) is 5.91 Å². The molecule has 1 saturated heterocycles. The highest BCUT2D eigenvalue weighted by atomic mass is 19.4. The molecule has 2 fully saturated rings. The summed E-state index contributed by atoms with van der Waals surface area (Å²) in [6.45, 7) is 1.04. The minimum atomic E-state index is -4.84. The smallest absolute Gasteiger partial charge is 0.405 e. The highest BCUT2D eigenvalue weighted by Crippen LogP contribution is 2.45. The minimum absolute atomic E-state index is 0.119. The maximum absolute atomic E-state index is 13.0. The van der Waals surface area contributed by atoms with Crippen LogP contribution in [0.5, 0.6) is 5.75 Å². The number of para-hydroxylation sites is 1. The first kappa shape index (κ1) is 27.5. The van der Waals surface area contributed by atoms with Gasteiger partial charge in [-0.1, -0.05) is 23.4 Å². The van der Waals surface area contributed by atoms with E-state index in [9.17, 15) is 22.8 Å². The summed E-state index contributed by atoms with van der Waals surface area (Å²) in [5.41, 5.74) is 2.04. The average Bonchev–Trinajstić information content (AvgIpc) is 3.70. The summed E-state index contributed by atoms with van der Waals surface area (Å²) < 4.78 is 55.0. The first-order valence-electron chi connectivity index (χ1n) is 13.0. The third-order valence-corrected chi connectivity index (χ3v) is 6.93. The van der Waals surface area contributed by atoms with Gasteiger partial charge >= 0.3 is 12.4 Å². The van der Waals surface area contributed by atoms with Gasteiger partial charge in [-0.3, -0.25) is 4.79 Å². The highest BCUT2D eigenvalue weighted by molar-refractivity contribution is 5.96. The van der Waals surface area contributed by atoms with Crippen molar-refractivity contribution in [2.24, 2.45) is 0 Å². The zero-order chi connectivity index (χ0) is 28.3. The van der Waals surface area contributed by atoms with Gasteiger partial charge in [0.2, 0.25) is 0 Å². The number of anilines is 1. The Balaban J connectivity index is 1.21. The van der Waals surface area contributed by atoms with Crippen LogP contribution in [0.25, 0.3) is 11.3 Å². The summed E-state index contributed by atoms with van der Waals surface area (Å²) in [5.74, 6) is 0.203. The maximum atomic E-state index is 13.0. The molecule has 0 atom stereocenters. The number of rotatable bonds is 8. The summed E-state index contributed by atoms with van der Waals surface area (Å²) in [4.78, 5) is 26.3. The normalized spacial score (nSPS) is 16.1. The lowest BCUT2D eigenvalue weighted by atomic mass is 10.0. The number of aromatic nitrogens is 1. The number of halogens is 3. The monoisotopic (exact) mass is 558 g/mol. The zero-order valence-electron chi connectivity index (χ0n) is 21.8. The van der Waals surface area contributed by atoms with Crippen molar-refractivity contribution < 1.29 is 36.8 Å². The van der Waals surface area contributed by atoms with Gasteiger partial charge in [-0.15, -0.1) is 13.2 Å². The Hall–Kier alpha value is -4.06.